The van der Waals surface area contributed by atoms with Crippen molar-refractivity contribution in [3.8, 4) is 0 Å². The van der Waals surface area contributed by atoms with Crippen LogP contribution < -0.4 is 11.1 Å². The van der Waals surface area contributed by atoms with E-state index in [-0.39, 0.29) is 18.2 Å². The van der Waals surface area contributed by atoms with Crippen molar-refractivity contribution >= 4 is 5.91 Å². The third kappa shape index (κ3) is 5.24. The third-order valence-corrected chi connectivity index (χ3v) is 5.57. The molecule has 0 aliphatic carbocycles. The molecular weight excluding hydrogens is 438 g/mol. The average Bonchev–Trinajstić information content (AvgIpc) is 2.73. The largest absolute Gasteiger partial charge is 0.416 e. The highest BCUT2D eigenvalue weighted by molar-refractivity contribution is 5.83. The van der Waals surface area contributed by atoms with Crippen LogP contribution in [0.25, 0.3) is 0 Å². The van der Waals surface area contributed by atoms with Gasteiger partial charge in [-0.05, 0) is 49.1 Å². The van der Waals surface area contributed by atoms with Crippen molar-refractivity contribution in [3.05, 3.63) is 70.8 Å². The van der Waals surface area contributed by atoms with Gasteiger partial charge in [-0.1, -0.05) is 30.3 Å². The quantitative estimate of drug-likeness (QED) is 0.622. The molecule has 0 radical (unpaired) electrons. The first-order valence-corrected chi connectivity index (χ1v) is 9.86. The second kappa shape index (κ2) is 8.74. The molecule has 4 nitrogen and oxygen atoms in total. The first-order valence-electron chi connectivity index (χ1n) is 9.86. The molecule has 3 rings (SSSR count). The summed E-state index contributed by atoms with van der Waals surface area (Å²) in [5.74, 6) is -0.408. The van der Waals surface area contributed by atoms with Crippen LogP contribution in [0.15, 0.2) is 48.5 Å². The summed E-state index contributed by atoms with van der Waals surface area (Å²) in [7, 11) is 0. The fourth-order valence-electron chi connectivity index (χ4n) is 3.67. The van der Waals surface area contributed by atoms with Gasteiger partial charge < -0.3 is 15.8 Å². The predicted octanol–water partition coefficient (Wildman–Crippen LogP) is 4.93. The molecule has 1 fully saturated rings. The number of nitrogens with two attached hydrogens (primary N) is 1. The SMILES string of the molecule is C[C@@H](OC[C@@]1(c2ccccc2)CC[C@@H](N)C(=O)N1)c1cc(C(F)(F)F)cc(C(F)(F)F)c1. The molecule has 0 bridgehead atoms. The van der Waals surface area contributed by atoms with E-state index < -0.39 is 47.1 Å². The summed E-state index contributed by atoms with van der Waals surface area (Å²) in [5, 5.41) is 2.83. The fraction of sp³-hybridized carbons (Fsp3) is 0.409. The highest BCUT2D eigenvalue weighted by Crippen LogP contribution is 2.39. The Balaban J connectivity index is 1.90. The highest BCUT2D eigenvalue weighted by Gasteiger charge is 2.41. The summed E-state index contributed by atoms with van der Waals surface area (Å²) < 4.78 is 84.8. The molecule has 10 heteroatoms. The van der Waals surface area contributed by atoms with Crippen LogP contribution >= 0.6 is 0 Å². The number of hydrogen-bond acceptors (Lipinski definition) is 3. The van der Waals surface area contributed by atoms with Crippen LogP contribution in [-0.4, -0.2) is 18.6 Å². The summed E-state index contributed by atoms with van der Waals surface area (Å²) in [6.07, 6.45) is -10.3. The predicted molar refractivity (Wildman–Crippen MR) is 104 cm³/mol. The van der Waals surface area contributed by atoms with Crippen LogP contribution in [0.4, 0.5) is 26.3 Å². The minimum atomic E-state index is -4.95. The molecule has 2 aromatic carbocycles. The van der Waals surface area contributed by atoms with E-state index >= 15 is 0 Å². The maximum absolute atomic E-state index is 13.2. The highest BCUT2D eigenvalue weighted by atomic mass is 19.4. The van der Waals surface area contributed by atoms with E-state index in [0.29, 0.717) is 30.5 Å². The van der Waals surface area contributed by atoms with Gasteiger partial charge in [0.1, 0.15) is 0 Å². The van der Waals surface area contributed by atoms with Gasteiger partial charge in [-0.3, -0.25) is 4.79 Å². The molecule has 1 amide bonds. The van der Waals surface area contributed by atoms with E-state index in [4.69, 9.17) is 10.5 Å². The molecule has 32 heavy (non-hydrogen) atoms. The van der Waals surface area contributed by atoms with E-state index in [1.54, 1.807) is 30.3 Å². The summed E-state index contributed by atoms with van der Waals surface area (Å²) in [5.41, 5.74) is 2.38. The zero-order chi connectivity index (χ0) is 23.7. The van der Waals surface area contributed by atoms with Crippen LogP contribution in [-0.2, 0) is 27.4 Å². The lowest BCUT2D eigenvalue weighted by Crippen LogP contribution is -2.58. The number of benzene rings is 2. The Labute approximate surface area is 180 Å². The first kappa shape index (κ1) is 24.1. The van der Waals surface area contributed by atoms with Crippen molar-refractivity contribution in [2.75, 3.05) is 6.61 Å². The van der Waals surface area contributed by atoms with Crippen molar-refractivity contribution in [3.63, 3.8) is 0 Å². The minimum absolute atomic E-state index is 0.0738. The minimum Gasteiger partial charge on any atom is -0.371 e. The molecule has 1 heterocycles. The van der Waals surface area contributed by atoms with E-state index in [1.807, 2.05) is 0 Å². The van der Waals surface area contributed by atoms with Crippen LogP contribution in [0.1, 0.15) is 48.1 Å². The van der Waals surface area contributed by atoms with Crippen molar-refractivity contribution in [1.29, 1.82) is 0 Å². The van der Waals surface area contributed by atoms with Gasteiger partial charge in [0.15, 0.2) is 0 Å². The number of amides is 1. The molecule has 0 aromatic heterocycles. The lowest BCUT2D eigenvalue weighted by molar-refractivity contribution is -0.143. The Bertz CT molecular complexity index is 929. The molecule has 3 atom stereocenters. The number of carbonyl (C=O) groups is 1. The van der Waals surface area contributed by atoms with Crippen LogP contribution in [0.3, 0.4) is 0 Å². The van der Waals surface area contributed by atoms with Crippen molar-refractivity contribution in [1.82, 2.24) is 5.32 Å². The van der Waals surface area contributed by atoms with Gasteiger partial charge in [0.25, 0.3) is 0 Å². The van der Waals surface area contributed by atoms with Gasteiger partial charge >= 0.3 is 12.4 Å². The molecule has 0 unspecified atom stereocenters. The second-order valence-corrected chi connectivity index (χ2v) is 7.87. The number of hydrogen-bond donors (Lipinski definition) is 2. The lowest BCUT2D eigenvalue weighted by Gasteiger charge is -2.41. The molecule has 1 saturated heterocycles. The van der Waals surface area contributed by atoms with Gasteiger partial charge in [0.2, 0.25) is 5.91 Å². The molecule has 2 aromatic rings. The summed E-state index contributed by atoms with van der Waals surface area (Å²) in [4.78, 5) is 12.3. The Morgan fingerprint density at radius 2 is 1.62 bits per heavy atom. The van der Waals surface area contributed by atoms with Crippen molar-refractivity contribution < 1.29 is 35.9 Å². The first-order chi connectivity index (χ1) is 14.8. The Morgan fingerprint density at radius 1 is 1.06 bits per heavy atom. The van der Waals surface area contributed by atoms with Crippen LogP contribution in [0, 0.1) is 0 Å². The maximum atomic E-state index is 13.2. The summed E-state index contributed by atoms with van der Waals surface area (Å²) in [6, 6.07) is 9.46. The topological polar surface area (TPSA) is 64.3 Å². The molecule has 1 aliphatic rings. The molecule has 0 spiro atoms. The zero-order valence-corrected chi connectivity index (χ0v) is 17.1. The number of rotatable bonds is 5. The van der Waals surface area contributed by atoms with Gasteiger partial charge in [0.05, 0.1) is 35.4 Å². The van der Waals surface area contributed by atoms with E-state index in [2.05, 4.69) is 5.32 Å². The number of halogens is 6. The maximum Gasteiger partial charge on any atom is 0.416 e. The monoisotopic (exact) mass is 460 g/mol. The molecule has 0 saturated carbocycles. The smallest absolute Gasteiger partial charge is 0.371 e. The number of alkyl halides is 6. The number of piperidine rings is 1. The van der Waals surface area contributed by atoms with Gasteiger partial charge in [-0.15, -0.1) is 0 Å². The molecule has 1 aliphatic heterocycles. The molecular formula is C22H22F6N2O2. The van der Waals surface area contributed by atoms with Crippen LogP contribution in [0.2, 0.25) is 0 Å². The lowest BCUT2D eigenvalue weighted by atomic mass is 9.81. The Morgan fingerprint density at radius 3 is 2.12 bits per heavy atom. The Hall–Kier alpha value is -2.59. The number of ether oxygens (including phenoxy) is 1. The summed E-state index contributed by atoms with van der Waals surface area (Å²) in [6.45, 7) is 1.21. The second-order valence-electron chi connectivity index (χ2n) is 7.87. The van der Waals surface area contributed by atoms with E-state index in [0.717, 1.165) is 0 Å². The molecule has 174 valence electrons. The fourth-order valence-corrected chi connectivity index (χ4v) is 3.67. The van der Waals surface area contributed by atoms with Crippen LogP contribution in [0.5, 0.6) is 0 Å². The number of carbonyl (C=O) groups excluding carboxylic acids is 1. The Kier molecular flexibility index (Phi) is 6.57. The van der Waals surface area contributed by atoms with Gasteiger partial charge in [-0.2, -0.15) is 26.3 Å². The van der Waals surface area contributed by atoms with Gasteiger partial charge in [0, 0.05) is 0 Å². The average molecular weight is 460 g/mol. The van der Waals surface area contributed by atoms with E-state index in [9.17, 15) is 31.1 Å². The van der Waals surface area contributed by atoms with Crippen molar-refractivity contribution in [2.45, 2.75) is 49.8 Å². The standard InChI is InChI=1S/C22H22F6N2O2/c1-13(14-9-16(21(23,24)25)11-17(10-14)22(26,27)28)32-12-20(15-5-3-2-4-6-15)8-7-18(29)19(31)30-20/h2-6,9-11,13,18H,7-8,12,29H2,1H3,(H,30,31)/t13-,18-,20-/m1/s1. The van der Waals surface area contributed by atoms with Crippen molar-refractivity contribution in [2.24, 2.45) is 5.73 Å². The summed E-state index contributed by atoms with van der Waals surface area (Å²) >= 11 is 0. The van der Waals surface area contributed by atoms with Gasteiger partial charge in [-0.25, -0.2) is 0 Å². The zero-order valence-electron chi connectivity index (χ0n) is 17.1. The molecule has 3 N–H and O–H groups in total. The normalized spacial score (nSPS) is 23.0. The third-order valence-electron chi connectivity index (χ3n) is 5.57. The number of nitrogens with one attached hydrogen (secondary N) is 1. The van der Waals surface area contributed by atoms with E-state index in [1.165, 1.54) is 6.92 Å².